The monoisotopic (exact) mass is 186 g/mol. The van der Waals surface area contributed by atoms with Crippen molar-refractivity contribution in [1.29, 1.82) is 0 Å². The summed E-state index contributed by atoms with van der Waals surface area (Å²) in [4.78, 5) is 0. The van der Waals surface area contributed by atoms with Gasteiger partial charge in [0.15, 0.2) is 17.4 Å². The molecule has 2 rings (SSSR count). The maximum atomic E-state index is 12.9. The van der Waals surface area contributed by atoms with E-state index in [0.29, 0.717) is 6.61 Å². The molecule has 1 fully saturated rings. The van der Waals surface area contributed by atoms with Gasteiger partial charge in [0.25, 0.3) is 0 Å². The van der Waals surface area contributed by atoms with E-state index in [1.165, 1.54) is 6.07 Å². The van der Waals surface area contributed by atoms with Gasteiger partial charge in [-0.15, -0.1) is 0 Å². The van der Waals surface area contributed by atoms with Crippen LogP contribution in [0.25, 0.3) is 0 Å². The summed E-state index contributed by atoms with van der Waals surface area (Å²) in [6.45, 7) is 0.813. The summed E-state index contributed by atoms with van der Waals surface area (Å²) in [5.41, 5.74) is 0. The lowest BCUT2D eigenvalue weighted by atomic mass is 10.3. The lowest BCUT2D eigenvalue weighted by Crippen LogP contribution is -2.06. The molecule has 4 heteroatoms. The zero-order chi connectivity index (χ0) is 9.26. The Morgan fingerprint density at radius 2 is 2.00 bits per heavy atom. The first-order valence-corrected chi connectivity index (χ1v) is 3.96. The number of epoxide rings is 1. The minimum Gasteiger partial charge on any atom is -0.485 e. The maximum Gasteiger partial charge on any atom is 0.190 e. The third-order valence-electron chi connectivity index (χ3n) is 1.73. The first kappa shape index (κ1) is 8.44. The van der Waals surface area contributed by atoms with E-state index in [9.17, 15) is 8.78 Å². The molecule has 1 aliphatic rings. The fraction of sp³-hybridized carbons (Fsp3) is 0.333. The molecular weight excluding hydrogens is 178 g/mol. The van der Waals surface area contributed by atoms with E-state index in [0.717, 1.165) is 12.1 Å². The minimum absolute atomic E-state index is 0.000920. The van der Waals surface area contributed by atoms with Crippen LogP contribution < -0.4 is 4.74 Å². The van der Waals surface area contributed by atoms with E-state index in [-0.39, 0.29) is 18.5 Å². The van der Waals surface area contributed by atoms with Crippen LogP contribution in [0, 0.1) is 11.6 Å². The van der Waals surface area contributed by atoms with E-state index in [1.54, 1.807) is 0 Å². The van der Waals surface area contributed by atoms with Gasteiger partial charge in [0.05, 0.1) is 6.61 Å². The van der Waals surface area contributed by atoms with E-state index >= 15 is 0 Å². The van der Waals surface area contributed by atoms with Crippen molar-refractivity contribution in [2.75, 3.05) is 13.2 Å². The topological polar surface area (TPSA) is 21.8 Å². The van der Waals surface area contributed by atoms with Gasteiger partial charge in [-0.2, -0.15) is 0 Å². The van der Waals surface area contributed by atoms with Crippen molar-refractivity contribution >= 4 is 0 Å². The predicted octanol–water partition coefficient (Wildman–Crippen LogP) is 1.74. The van der Waals surface area contributed by atoms with E-state index < -0.39 is 11.6 Å². The number of halogens is 2. The van der Waals surface area contributed by atoms with Gasteiger partial charge in [0.2, 0.25) is 0 Å². The highest BCUT2D eigenvalue weighted by Gasteiger charge is 2.24. The normalized spacial score (nSPS) is 20.0. The zero-order valence-corrected chi connectivity index (χ0v) is 6.80. The molecular formula is C9H8F2O2. The van der Waals surface area contributed by atoms with Crippen LogP contribution in [-0.2, 0) is 4.74 Å². The first-order chi connectivity index (χ1) is 6.27. The molecule has 2 nitrogen and oxygen atoms in total. The van der Waals surface area contributed by atoms with Gasteiger partial charge >= 0.3 is 0 Å². The minimum atomic E-state index is -0.680. The molecule has 1 unspecified atom stereocenters. The van der Waals surface area contributed by atoms with Crippen LogP contribution in [-0.4, -0.2) is 19.3 Å². The van der Waals surface area contributed by atoms with Crippen LogP contribution in [0.4, 0.5) is 8.78 Å². The van der Waals surface area contributed by atoms with Crippen molar-refractivity contribution in [3.05, 3.63) is 29.8 Å². The fourth-order valence-electron chi connectivity index (χ4n) is 0.961. The van der Waals surface area contributed by atoms with Crippen LogP contribution >= 0.6 is 0 Å². The average molecular weight is 186 g/mol. The van der Waals surface area contributed by atoms with Gasteiger partial charge in [-0.3, -0.25) is 0 Å². The Kier molecular flexibility index (Phi) is 2.14. The van der Waals surface area contributed by atoms with Gasteiger partial charge < -0.3 is 9.47 Å². The van der Waals surface area contributed by atoms with Crippen LogP contribution in [0.1, 0.15) is 0 Å². The second-order valence-corrected chi connectivity index (χ2v) is 2.82. The fourth-order valence-corrected chi connectivity index (χ4v) is 0.961. The maximum absolute atomic E-state index is 12.9. The Bertz CT molecular complexity index is 290. The molecule has 0 aliphatic carbocycles. The second kappa shape index (κ2) is 3.30. The van der Waals surface area contributed by atoms with Gasteiger partial charge in [-0.25, -0.2) is 8.78 Å². The van der Waals surface area contributed by atoms with Crippen LogP contribution in [0.5, 0.6) is 5.75 Å². The average Bonchev–Trinajstić information content (AvgIpc) is 2.87. The Morgan fingerprint density at radius 1 is 1.38 bits per heavy atom. The number of benzene rings is 1. The highest BCUT2D eigenvalue weighted by Crippen LogP contribution is 2.22. The van der Waals surface area contributed by atoms with Crippen molar-refractivity contribution in [3.63, 3.8) is 0 Å². The third-order valence-corrected chi connectivity index (χ3v) is 1.73. The SMILES string of the molecule is Fc1cccc(F)c1OCC1CO1. The Labute approximate surface area is 74.1 Å². The quantitative estimate of drug-likeness (QED) is 0.670. The number of para-hydroxylation sites is 1. The molecule has 1 aliphatic heterocycles. The number of rotatable bonds is 3. The summed E-state index contributed by atoms with van der Waals surface area (Å²) in [5.74, 6) is -1.68. The summed E-state index contributed by atoms with van der Waals surface area (Å²) in [7, 11) is 0. The molecule has 0 aromatic heterocycles. The van der Waals surface area contributed by atoms with Gasteiger partial charge in [-0.1, -0.05) is 6.07 Å². The van der Waals surface area contributed by atoms with Crippen molar-refractivity contribution in [2.24, 2.45) is 0 Å². The summed E-state index contributed by atoms with van der Waals surface area (Å²) >= 11 is 0. The van der Waals surface area contributed by atoms with Crippen LogP contribution in [0.3, 0.4) is 0 Å². The van der Waals surface area contributed by atoms with Gasteiger partial charge in [0.1, 0.15) is 12.7 Å². The molecule has 1 aromatic rings. The van der Waals surface area contributed by atoms with E-state index in [2.05, 4.69) is 0 Å². The van der Waals surface area contributed by atoms with Crippen molar-refractivity contribution in [2.45, 2.75) is 6.10 Å². The molecule has 0 radical (unpaired) electrons. The van der Waals surface area contributed by atoms with Crippen LogP contribution in [0.2, 0.25) is 0 Å². The molecule has 0 saturated carbocycles. The molecule has 1 aromatic carbocycles. The third kappa shape index (κ3) is 1.95. The molecule has 70 valence electrons. The van der Waals surface area contributed by atoms with E-state index in [4.69, 9.17) is 9.47 Å². The summed E-state index contributed by atoms with van der Waals surface area (Å²) in [6, 6.07) is 3.61. The highest BCUT2D eigenvalue weighted by molar-refractivity contribution is 5.26. The number of hydrogen-bond acceptors (Lipinski definition) is 2. The Hall–Kier alpha value is -1.16. The molecule has 1 atom stereocenters. The smallest absolute Gasteiger partial charge is 0.190 e. The van der Waals surface area contributed by atoms with Crippen molar-refractivity contribution in [1.82, 2.24) is 0 Å². The van der Waals surface area contributed by atoms with Crippen molar-refractivity contribution < 1.29 is 18.3 Å². The van der Waals surface area contributed by atoms with Gasteiger partial charge in [0, 0.05) is 0 Å². The molecule has 1 saturated heterocycles. The molecule has 0 bridgehead atoms. The first-order valence-electron chi connectivity index (χ1n) is 3.96. The number of ether oxygens (including phenoxy) is 2. The van der Waals surface area contributed by atoms with Crippen LogP contribution in [0.15, 0.2) is 18.2 Å². The highest BCUT2D eigenvalue weighted by atomic mass is 19.1. The largest absolute Gasteiger partial charge is 0.485 e. The second-order valence-electron chi connectivity index (χ2n) is 2.82. The van der Waals surface area contributed by atoms with Gasteiger partial charge in [-0.05, 0) is 12.1 Å². The molecule has 13 heavy (non-hydrogen) atoms. The van der Waals surface area contributed by atoms with E-state index in [1.807, 2.05) is 0 Å². The Morgan fingerprint density at radius 3 is 2.54 bits per heavy atom. The predicted molar refractivity (Wildman–Crippen MR) is 41.6 cm³/mol. The summed E-state index contributed by atoms with van der Waals surface area (Å²) in [5, 5.41) is 0. The number of hydrogen-bond donors (Lipinski definition) is 0. The standard InChI is InChI=1S/C9H8F2O2/c10-7-2-1-3-8(11)9(7)13-5-6-4-12-6/h1-3,6H,4-5H2. The summed E-state index contributed by atoms with van der Waals surface area (Å²) < 4.78 is 35.6. The van der Waals surface area contributed by atoms with Crippen molar-refractivity contribution in [3.8, 4) is 5.75 Å². The summed E-state index contributed by atoms with van der Waals surface area (Å²) in [6.07, 6.45) is -0.000920. The molecule has 0 amide bonds. The molecule has 0 spiro atoms. The zero-order valence-electron chi connectivity index (χ0n) is 6.80. The lowest BCUT2D eigenvalue weighted by Gasteiger charge is -2.05. The molecule has 1 heterocycles. The Balaban J connectivity index is 2.07. The molecule has 0 N–H and O–H groups in total. The lowest BCUT2D eigenvalue weighted by molar-refractivity contribution is 0.243.